The third kappa shape index (κ3) is 16.9. The van der Waals surface area contributed by atoms with E-state index in [2.05, 4.69) is 10.6 Å². The molecule has 2 aliphatic heterocycles. The van der Waals surface area contributed by atoms with Gasteiger partial charge in [0.05, 0.1) is 61.0 Å². The number of hydrogen-bond acceptors (Lipinski definition) is 14. The van der Waals surface area contributed by atoms with Crippen LogP contribution in [0, 0.1) is 10.8 Å². The zero-order valence-corrected chi connectivity index (χ0v) is 54.4. The number of nitrogens with zero attached hydrogens (tertiary/aromatic N) is 6. The van der Waals surface area contributed by atoms with Crippen LogP contribution in [0.2, 0.25) is 0 Å². The van der Waals surface area contributed by atoms with E-state index in [0.29, 0.717) is 22.5 Å². The highest BCUT2D eigenvalue weighted by Gasteiger charge is 2.48. The van der Waals surface area contributed by atoms with Crippen molar-refractivity contribution in [2.45, 2.75) is 223 Å². The SMILES string of the molecule is CC(C)OP(=O)(OC(C)C)n1cc(-c2ccc(-c3ccc(-c4cn(P(=O)(OC(C)C)OC(C)C)c([C@@H](NC(=O)C5C[C@@H](F)CN5C(=O)OC(C)(C)C)C(C)(C)C)n4)cc3)cc2)nc1[C@@H](NC(=O)C1C[C@@H](F)CN1C(=O)OC(C)(C)C)C(C)(C)C. The summed E-state index contributed by atoms with van der Waals surface area (Å²) in [6.07, 6.45) is -4.19. The monoisotopic (exact) mass is 1210 g/mol. The van der Waals surface area contributed by atoms with Crippen LogP contribution in [0.3, 0.4) is 0 Å². The Balaban J connectivity index is 1.38. The summed E-state index contributed by atoms with van der Waals surface area (Å²) in [7, 11) is -8.50. The predicted molar refractivity (Wildman–Crippen MR) is 318 cm³/mol. The molecule has 84 heavy (non-hydrogen) atoms. The topological polar surface area (TPSA) is 224 Å². The van der Waals surface area contributed by atoms with Crippen LogP contribution in [-0.2, 0) is 46.3 Å². The van der Waals surface area contributed by atoms with Crippen LogP contribution in [0.1, 0.15) is 175 Å². The average molecular weight is 1220 g/mol. The molecule has 466 valence electrons. The van der Waals surface area contributed by atoms with Crippen molar-refractivity contribution in [3.8, 4) is 33.6 Å². The van der Waals surface area contributed by atoms with Crippen LogP contribution in [0.4, 0.5) is 18.4 Å². The van der Waals surface area contributed by atoms with Crippen LogP contribution in [0.5, 0.6) is 0 Å². The van der Waals surface area contributed by atoms with Crippen molar-refractivity contribution in [3.05, 3.63) is 72.6 Å². The molecule has 2 aliphatic rings. The smallest absolute Gasteiger partial charge is 0.440 e. The molecular weight excluding hydrogens is 1120 g/mol. The molecule has 2 unspecified atom stereocenters. The van der Waals surface area contributed by atoms with Gasteiger partial charge in [0.2, 0.25) is 11.8 Å². The van der Waals surface area contributed by atoms with E-state index >= 15 is 17.9 Å². The van der Waals surface area contributed by atoms with Gasteiger partial charge in [0.15, 0.2) is 0 Å². The quantitative estimate of drug-likeness (QED) is 0.0834. The van der Waals surface area contributed by atoms with Gasteiger partial charge in [-0.25, -0.2) is 46.1 Å². The fourth-order valence-corrected chi connectivity index (χ4v) is 13.7. The first-order valence-electron chi connectivity index (χ1n) is 28.8. The summed E-state index contributed by atoms with van der Waals surface area (Å²) in [4.78, 5) is 67.6. The summed E-state index contributed by atoms with van der Waals surface area (Å²) in [6, 6.07) is 10.6. The lowest BCUT2D eigenvalue weighted by Gasteiger charge is -2.35. The molecule has 0 radical (unpaired) electrons. The zero-order chi connectivity index (χ0) is 63.0. The Bertz CT molecular complexity index is 2830. The number of carbonyl (C=O) groups is 4. The van der Waals surface area contributed by atoms with E-state index in [1.165, 1.54) is 8.68 Å². The second-order valence-corrected chi connectivity index (χ2v) is 30.5. The Kier molecular flexibility index (Phi) is 20.8. The largest absolute Gasteiger partial charge is 0.444 e. The van der Waals surface area contributed by atoms with Crippen molar-refractivity contribution >= 4 is 39.5 Å². The number of ether oxygens (including phenoxy) is 2. The molecule has 2 fully saturated rings. The number of aromatic nitrogens is 4. The number of carbonyl (C=O) groups excluding carboxylic acids is 4. The fourth-order valence-electron chi connectivity index (χ4n) is 9.75. The van der Waals surface area contributed by atoms with E-state index in [1.807, 2.05) is 90.1 Å². The van der Waals surface area contributed by atoms with Crippen LogP contribution >= 0.6 is 15.5 Å². The molecule has 4 aromatic rings. The molecule has 0 spiro atoms. The summed E-state index contributed by atoms with van der Waals surface area (Å²) < 4.78 is 98.7. The maximum absolute atomic E-state index is 15.1. The number of imidazole rings is 2. The average Bonchev–Trinajstić information content (AvgIpc) is 2.08. The summed E-state index contributed by atoms with van der Waals surface area (Å²) in [5, 5.41) is 6.07. The predicted octanol–water partition coefficient (Wildman–Crippen LogP) is 13.8. The molecule has 0 aliphatic carbocycles. The summed E-state index contributed by atoms with van der Waals surface area (Å²) in [5.41, 5.74) is 0.201. The molecular formula is C60H90F2N8O12P2. The first-order chi connectivity index (χ1) is 38.6. The van der Waals surface area contributed by atoms with Gasteiger partial charge < -0.3 is 20.1 Å². The molecule has 2 saturated heterocycles. The van der Waals surface area contributed by atoms with Gasteiger partial charge in [-0.3, -0.25) is 37.5 Å². The maximum atomic E-state index is 15.1. The van der Waals surface area contributed by atoms with Gasteiger partial charge in [-0.15, -0.1) is 0 Å². The number of alkyl halides is 2. The second kappa shape index (κ2) is 25.8. The van der Waals surface area contributed by atoms with Gasteiger partial charge in [0, 0.05) is 36.4 Å². The lowest BCUT2D eigenvalue weighted by molar-refractivity contribution is -0.127. The van der Waals surface area contributed by atoms with Gasteiger partial charge in [-0.05, 0) is 119 Å². The second-order valence-electron chi connectivity index (χ2n) is 26.9. The Morgan fingerprint density at radius 3 is 1.02 bits per heavy atom. The van der Waals surface area contributed by atoms with Crippen LogP contribution in [0.25, 0.3) is 33.6 Å². The van der Waals surface area contributed by atoms with Gasteiger partial charge in [-0.2, -0.15) is 0 Å². The van der Waals surface area contributed by atoms with Crippen molar-refractivity contribution in [2.75, 3.05) is 13.1 Å². The lowest BCUT2D eigenvalue weighted by Crippen LogP contribution is -2.50. The number of hydrogen-bond donors (Lipinski definition) is 2. The summed E-state index contributed by atoms with van der Waals surface area (Å²) in [6.45, 7) is 34.5. The molecule has 2 aromatic carbocycles. The Hall–Kier alpha value is -5.50. The van der Waals surface area contributed by atoms with Gasteiger partial charge >= 0.3 is 27.7 Å². The van der Waals surface area contributed by atoms with Crippen molar-refractivity contribution in [1.29, 1.82) is 0 Å². The number of halogens is 2. The van der Waals surface area contributed by atoms with Gasteiger partial charge in [-0.1, -0.05) is 90.1 Å². The van der Waals surface area contributed by atoms with Gasteiger partial charge in [0.1, 0.15) is 47.3 Å². The summed E-state index contributed by atoms with van der Waals surface area (Å²) in [5.74, 6) is -0.994. The standard InChI is InChI=1S/C60H90F2N8O12P2/c1-35(2)79-83(75,80-36(3)4)69-33-45(63-51(69)49(57(9,10)11)65-53(71)47-29-43(61)31-67(47)55(73)77-59(15,16)17)41-25-21-39(22-26-41)40-23-27-42(28-24-40)46-34-70(84(76,81-37(5)6)82-38(7)8)52(64-46)50(58(12,13)14)66-54(72)48-30-44(62)32-68(48)56(74)78-60(18,19)20/h21-28,33-38,43-44,47-50H,29-32H2,1-20H3,(H,65,71)(H,66,72)/t43-,44-,47?,48?,49-,50-/m1/s1. The van der Waals surface area contributed by atoms with E-state index in [1.54, 1.807) is 109 Å². The number of nitrogens with one attached hydrogen (secondary N) is 2. The molecule has 4 heterocycles. The van der Waals surface area contributed by atoms with E-state index < -0.39 is 122 Å². The molecule has 20 nitrogen and oxygen atoms in total. The van der Waals surface area contributed by atoms with Crippen molar-refractivity contribution in [3.63, 3.8) is 0 Å². The third-order valence-corrected chi connectivity index (χ3v) is 17.7. The van der Waals surface area contributed by atoms with Crippen LogP contribution in [0.15, 0.2) is 60.9 Å². The molecule has 24 heteroatoms. The molecule has 0 saturated carbocycles. The van der Waals surface area contributed by atoms with Crippen LogP contribution < -0.4 is 10.6 Å². The minimum absolute atomic E-state index is 0.145. The minimum atomic E-state index is -4.25. The zero-order valence-electron chi connectivity index (χ0n) is 52.6. The van der Waals surface area contributed by atoms with E-state index in [0.717, 1.165) is 20.9 Å². The Morgan fingerprint density at radius 1 is 0.500 bits per heavy atom. The van der Waals surface area contributed by atoms with Crippen molar-refractivity contribution < 1.29 is 64.7 Å². The minimum Gasteiger partial charge on any atom is -0.444 e. The molecule has 6 atom stereocenters. The van der Waals surface area contributed by atoms with Crippen molar-refractivity contribution in [2.24, 2.45) is 10.8 Å². The molecule has 2 N–H and O–H groups in total. The number of benzene rings is 2. The molecule has 2 aromatic heterocycles. The highest BCUT2D eigenvalue weighted by atomic mass is 31.2. The fraction of sp³-hybridized carbons (Fsp3) is 0.633. The first kappa shape index (κ1) is 67.6. The molecule has 6 rings (SSSR count). The molecule has 4 amide bonds. The van der Waals surface area contributed by atoms with Crippen molar-refractivity contribution in [1.82, 2.24) is 39.1 Å². The lowest BCUT2D eigenvalue weighted by atomic mass is 9.86. The van der Waals surface area contributed by atoms with Gasteiger partial charge in [0.25, 0.3) is 0 Å². The molecule has 0 bridgehead atoms. The highest BCUT2D eigenvalue weighted by Crippen LogP contribution is 2.56. The van der Waals surface area contributed by atoms with Crippen LogP contribution in [-0.4, -0.2) is 126 Å². The normalized spacial score (nSPS) is 19.2. The number of likely N-dealkylation sites (tertiary alicyclic amines) is 2. The number of amides is 4. The van der Waals surface area contributed by atoms with E-state index in [-0.39, 0.29) is 37.6 Å². The Morgan fingerprint density at radius 2 is 0.774 bits per heavy atom. The van der Waals surface area contributed by atoms with E-state index in [9.17, 15) is 19.2 Å². The summed E-state index contributed by atoms with van der Waals surface area (Å²) >= 11 is 0. The Labute approximate surface area is 495 Å². The first-order valence-corrected chi connectivity index (χ1v) is 31.8. The maximum Gasteiger partial charge on any atom is 0.440 e. The number of rotatable bonds is 19. The third-order valence-electron chi connectivity index (χ3n) is 13.2. The van der Waals surface area contributed by atoms with E-state index in [4.69, 9.17) is 37.5 Å². The highest BCUT2D eigenvalue weighted by molar-refractivity contribution is 7.52.